The molecule has 2 N–H and O–H groups in total. The SMILES string of the molecule is COc1cc(N)cnc1N1CC2OC[C@@H]21. The Balaban J connectivity index is 1.90. The highest BCUT2D eigenvalue weighted by Gasteiger charge is 2.48. The molecule has 0 amide bonds. The molecule has 0 radical (unpaired) electrons. The number of nitrogens with zero attached hydrogens (tertiary/aromatic N) is 2. The number of nitrogen functional groups attached to an aromatic ring is 1. The zero-order valence-corrected chi connectivity index (χ0v) is 8.51. The summed E-state index contributed by atoms with van der Waals surface area (Å²) in [4.78, 5) is 6.51. The van der Waals surface area contributed by atoms with E-state index in [1.807, 2.05) is 0 Å². The average Bonchev–Trinajstić information content (AvgIpc) is 2.22. The molecular weight excluding hydrogens is 194 g/mol. The second kappa shape index (κ2) is 3.00. The predicted molar refractivity (Wildman–Crippen MR) is 56.1 cm³/mol. The third-order valence-electron chi connectivity index (χ3n) is 3.03. The van der Waals surface area contributed by atoms with Crippen LogP contribution in [0.3, 0.4) is 0 Å². The van der Waals surface area contributed by atoms with Crippen LogP contribution in [0.4, 0.5) is 11.5 Å². The summed E-state index contributed by atoms with van der Waals surface area (Å²) >= 11 is 0. The van der Waals surface area contributed by atoms with E-state index in [2.05, 4.69) is 9.88 Å². The van der Waals surface area contributed by atoms with Crippen molar-refractivity contribution in [2.45, 2.75) is 12.1 Å². The number of hydrogen-bond donors (Lipinski definition) is 1. The van der Waals surface area contributed by atoms with Crippen LogP contribution in [-0.4, -0.2) is 37.4 Å². The van der Waals surface area contributed by atoms with Crippen LogP contribution in [0.2, 0.25) is 0 Å². The summed E-state index contributed by atoms with van der Waals surface area (Å²) in [5, 5.41) is 0. The Bertz CT molecular complexity index is 396. The molecule has 2 saturated heterocycles. The largest absolute Gasteiger partial charge is 0.493 e. The minimum atomic E-state index is 0.397. The molecule has 5 nitrogen and oxygen atoms in total. The van der Waals surface area contributed by atoms with Gasteiger partial charge in [0.05, 0.1) is 37.7 Å². The number of morpholine rings is 1. The monoisotopic (exact) mass is 207 g/mol. The van der Waals surface area contributed by atoms with E-state index in [9.17, 15) is 0 Å². The molecule has 1 aromatic rings. The predicted octanol–water partition coefficient (Wildman–Crippen LogP) is 0.260. The molecule has 2 aliphatic heterocycles. The molecular formula is C10H13N3O2. The first-order valence-corrected chi connectivity index (χ1v) is 4.97. The smallest absolute Gasteiger partial charge is 0.172 e. The van der Waals surface area contributed by atoms with Crippen LogP contribution in [0.5, 0.6) is 5.75 Å². The molecule has 2 fully saturated rings. The lowest BCUT2D eigenvalue weighted by molar-refractivity contribution is -0.113. The molecule has 5 heteroatoms. The third-order valence-corrected chi connectivity index (χ3v) is 3.03. The molecule has 3 rings (SSSR count). The van der Waals surface area contributed by atoms with Crippen molar-refractivity contribution in [2.75, 3.05) is 30.9 Å². The zero-order valence-electron chi connectivity index (χ0n) is 8.51. The number of aromatic nitrogens is 1. The Morgan fingerprint density at radius 1 is 1.67 bits per heavy atom. The van der Waals surface area contributed by atoms with E-state index in [1.165, 1.54) is 0 Å². The van der Waals surface area contributed by atoms with E-state index in [0.29, 0.717) is 17.8 Å². The van der Waals surface area contributed by atoms with Crippen molar-refractivity contribution >= 4 is 11.5 Å². The van der Waals surface area contributed by atoms with Crippen LogP contribution in [-0.2, 0) is 4.74 Å². The number of fused-ring (bicyclic) bond motifs is 1. The van der Waals surface area contributed by atoms with Gasteiger partial charge in [-0.15, -0.1) is 0 Å². The Kier molecular flexibility index (Phi) is 1.76. The van der Waals surface area contributed by atoms with Crippen molar-refractivity contribution in [2.24, 2.45) is 0 Å². The number of hydrogen-bond acceptors (Lipinski definition) is 5. The lowest BCUT2D eigenvalue weighted by atomic mass is 9.95. The van der Waals surface area contributed by atoms with Gasteiger partial charge in [-0.3, -0.25) is 0 Å². The van der Waals surface area contributed by atoms with Gasteiger partial charge < -0.3 is 20.1 Å². The fourth-order valence-electron chi connectivity index (χ4n) is 2.04. The molecule has 15 heavy (non-hydrogen) atoms. The van der Waals surface area contributed by atoms with E-state index < -0.39 is 0 Å². The lowest BCUT2D eigenvalue weighted by Gasteiger charge is -2.55. The van der Waals surface area contributed by atoms with Crippen LogP contribution in [0, 0.1) is 0 Å². The highest BCUT2D eigenvalue weighted by atomic mass is 16.5. The quantitative estimate of drug-likeness (QED) is 0.753. The summed E-state index contributed by atoms with van der Waals surface area (Å²) < 4.78 is 10.6. The minimum Gasteiger partial charge on any atom is -0.493 e. The molecule has 2 atom stereocenters. The Hall–Kier alpha value is -1.49. The maximum atomic E-state index is 5.65. The Labute approximate surface area is 87.8 Å². The lowest BCUT2D eigenvalue weighted by Crippen LogP contribution is -2.71. The van der Waals surface area contributed by atoms with Gasteiger partial charge in [0.1, 0.15) is 0 Å². The Morgan fingerprint density at radius 3 is 3.07 bits per heavy atom. The zero-order chi connectivity index (χ0) is 10.4. The van der Waals surface area contributed by atoms with Crippen molar-refractivity contribution in [3.8, 4) is 5.75 Å². The fraction of sp³-hybridized carbons (Fsp3) is 0.500. The summed E-state index contributed by atoms with van der Waals surface area (Å²) in [7, 11) is 1.63. The molecule has 0 saturated carbocycles. The topological polar surface area (TPSA) is 60.6 Å². The van der Waals surface area contributed by atoms with Crippen LogP contribution < -0.4 is 15.4 Å². The van der Waals surface area contributed by atoms with Crippen molar-refractivity contribution in [1.29, 1.82) is 0 Å². The molecule has 0 bridgehead atoms. The summed E-state index contributed by atoms with van der Waals surface area (Å²) in [6, 6.07) is 2.28. The molecule has 80 valence electrons. The van der Waals surface area contributed by atoms with E-state index >= 15 is 0 Å². The van der Waals surface area contributed by atoms with Gasteiger partial charge in [0.2, 0.25) is 0 Å². The van der Waals surface area contributed by atoms with Crippen LogP contribution in [0.1, 0.15) is 0 Å². The molecule has 0 aliphatic carbocycles. The van der Waals surface area contributed by atoms with Crippen molar-refractivity contribution in [1.82, 2.24) is 4.98 Å². The number of pyridine rings is 1. The number of nitrogens with two attached hydrogens (primary N) is 1. The number of ether oxygens (including phenoxy) is 2. The van der Waals surface area contributed by atoms with Gasteiger partial charge in [0, 0.05) is 12.6 Å². The normalized spacial score (nSPS) is 27.7. The molecule has 1 aromatic heterocycles. The van der Waals surface area contributed by atoms with Crippen LogP contribution in [0.25, 0.3) is 0 Å². The Morgan fingerprint density at radius 2 is 2.53 bits per heavy atom. The second-order valence-corrected chi connectivity index (χ2v) is 3.89. The minimum absolute atomic E-state index is 0.397. The van der Waals surface area contributed by atoms with Crippen molar-refractivity contribution < 1.29 is 9.47 Å². The molecule has 2 aliphatic rings. The average molecular weight is 207 g/mol. The van der Waals surface area contributed by atoms with Gasteiger partial charge in [-0.1, -0.05) is 0 Å². The highest BCUT2D eigenvalue weighted by Crippen LogP contribution is 2.38. The summed E-state index contributed by atoms with van der Waals surface area (Å²) in [6.45, 7) is 1.69. The summed E-state index contributed by atoms with van der Waals surface area (Å²) in [6.07, 6.45) is 2.05. The molecule has 0 spiro atoms. The van der Waals surface area contributed by atoms with E-state index in [1.54, 1.807) is 19.4 Å². The first-order valence-electron chi connectivity index (χ1n) is 4.97. The molecule has 3 heterocycles. The van der Waals surface area contributed by atoms with Gasteiger partial charge in [0.25, 0.3) is 0 Å². The van der Waals surface area contributed by atoms with Crippen LogP contribution in [0.15, 0.2) is 12.3 Å². The van der Waals surface area contributed by atoms with E-state index in [0.717, 1.165) is 24.7 Å². The standard InChI is InChI=1S/C10H13N3O2/c1-14-8-2-6(11)3-12-10(8)13-4-9-7(13)5-15-9/h2-3,7,9H,4-5,11H2,1H3/t7-,9?/m0/s1. The van der Waals surface area contributed by atoms with Gasteiger partial charge >= 0.3 is 0 Å². The van der Waals surface area contributed by atoms with Crippen molar-refractivity contribution in [3.05, 3.63) is 12.3 Å². The van der Waals surface area contributed by atoms with Gasteiger partial charge in [-0.25, -0.2) is 4.98 Å². The van der Waals surface area contributed by atoms with Gasteiger partial charge in [0.15, 0.2) is 11.6 Å². The summed E-state index contributed by atoms with van der Waals surface area (Å²) in [5.74, 6) is 1.61. The summed E-state index contributed by atoms with van der Waals surface area (Å²) in [5.41, 5.74) is 6.28. The van der Waals surface area contributed by atoms with Gasteiger partial charge in [-0.05, 0) is 0 Å². The van der Waals surface area contributed by atoms with E-state index in [4.69, 9.17) is 15.2 Å². The first-order chi connectivity index (χ1) is 7.29. The molecule has 0 aromatic carbocycles. The number of methoxy groups -OCH3 is 1. The first kappa shape index (κ1) is 8.79. The molecule has 1 unspecified atom stereocenters. The van der Waals surface area contributed by atoms with E-state index in [-0.39, 0.29) is 0 Å². The maximum absolute atomic E-state index is 5.65. The number of rotatable bonds is 2. The highest BCUT2D eigenvalue weighted by molar-refractivity contribution is 5.60. The third kappa shape index (κ3) is 1.16. The number of anilines is 2. The maximum Gasteiger partial charge on any atom is 0.172 e. The van der Waals surface area contributed by atoms with Crippen LogP contribution >= 0.6 is 0 Å². The van der Waals surface area contributed by atoms with Crippen molar-refractivity contribution in [3.63, 3.8) is 0 Å². The second-order valence-electron chi connectivity index (χ2n) is 3.89. The van der Waals surface area contributed by atoms with Gasteiger partial charge in [-0.2, -0.15) is 0 Å². The fourth-order valence-corrected chi connectivity index (χ4v) is 2.04.